The van der Waals surface area contributed by atoms with Gasteiger partial charge in [0.25, 0.3) is 0 Å². The van der Waals surface area contributed by atoms with Crippen LogP contribution in [-0.2, 0) is 4.43 Å². The summed E-state index contributed by atoms with van der Waals surface area (Å²) in [5, 5.41) is 0. The van der Waals surface area contributed by atoms with Crippen molar-refractivity contribution in [3.63, 3.8) is 0 Å². The topological polar surface area (TPSA) is 9.23 Å². The van der Waals surface area contributed by atoms with Gasteiger partial charge in [0.15, 0.2) is 8.32 Å². The molecule has 0 rings (SSSR count). The molecule has 0 saturated heterocycles. The standard InChI is InChI=1S/C10H24OSSi/c1-4-13(5-2,6-3)11-9-7-8-10-12/h12H,4-10H2,1-3H3. The van der Waals surface area contributed by atoms with Gasteiger partial charge in [-0.05, 0) is 36.7 Å². The molecule has 0 aliphatic carbocycles. The molecule has 0 fully saturated rings. The van der Waals surface area contributed by atoms with Crippen LogP contribution in [0.4, 0.5) is 0 Å². The number of hydrogen-bond acceptors (Lipinski definition) is 2. The Bertz CT molecular complexity index is 107. The van der Waals surface area contributed by atoms with Crippen LogP contribution in [0.25, 0.3) is 0 Å². The molecule has 3 heteroatoms. The Balaban J connectivity index is 3.68. The average Bonchev–Trinajstić information content (AvgIpc) is 2.20. The van der Waals surface area contributed by atoms with Crippen LogP contribution in [0.3, 0.4) is 0 Å². The first-order valence-electron chi connectivity index (χ1n) is 5.49. The molecular weight excluding hydrogens is 196 g/mol. The maximum atomic E-state index is 6.08. The van der Waals surface area contributed by atoms with Crippen molar-refractivity contribution in [2.45, 2.75) is 51.7 Å². The predicted molar refractivity (Wildman–Crippen MR) is 66.2 cm³/mol. The van der Waals surface area contributed by atoms with Gasteiger partial charge in [0, 0.05) is 6.61 Å². The van der Waals surface area contributed by atoms with Gasteiger partial charge in [0.05, 0.1) is 0 Å². The maximum absolute atomic E-state index is 6.08. The minimum absolute atomic E-state index is 0.961. The number of thiol groups is 1. The zero-order valence-corrected chi connectivity index (χ0v) is 11.2. The summed E-state index contributed by atoms with van der Waals surface area (Å²) in [5.41, 5.74) is 0. The van der Waals surface area contributed by atoms with Crippen LogP contribution >= 0.6 is 12.6 Å². The van der Waals surface area contributed by atoms with Gasteiger partial charge in [-0.2, -0.15) is 12.6 Å². The molecule has 0 aliphatic heterocycles. The largest absolute Gasteiger partial charge is 0.417 e. The lowest BCUT2D eigenvalue weighted by Gasteiger charge is -2.27. The fraction of sp³-hybridized carbons (Fsp3) is 1.00. The van der Waals surface area contributed by atoms with Gasteiger partial charge >= 0.3 is 0 Å². The molecule has 0 atom stereocenters. The van der Waals surface area contributed by atoms with Crippen molar-refractivity contribution >= 4 is 20.9 Å². The smallest absolute Gasteiger partial charge is 0.191 e. The Kier molecular flexibility index (Phi) is 8.21. The Labute approximate surface area is 89.8 Å². The minimum Gasteiger partial charge on any atom is -0.417 e. The summed E-state index contributed by atoms with van der Waals surface area (Å²) in [6.45, 7) is 7.79. The molecule has 0 aliphatic rings. The van der Waals surface area contributed by atoms with Crippen LogP contribution < -0.4 is 0 Å². The SMILES string of the molecule is CC[Si](CC)(CC)OCCCCS. The van der Waals surface area contributed by atoms with E-state index >= 15 is 0 Å². The van der Waals surface area contributed by atoms with E-state index in [4.69, 9.17) is 4.43 Å². The predicted octanol–water partition coefficient (Wildman–Crippen LogP) is 3.72. The van der Waals surface area contributed by atoms with E-state index in [1.54, 1.807) is 0 Å². The fourth-order valence-corrected chi connectivity index (χ4v) is 4.47. The first kappa shape index (κ1) is 13.5. The summed E-state index contributed by atoms with van der Waals surface area (Å²) in [7, 11) is -1.29. The lowest BCUT2D eigenvalue weighted by molar-refractivity contribution is 0.292. The van der Waals surface area contributed by atoms with E-state index in [2.05, 4.69) is 33.4 Å². The molecule has 0 bridgehead atoms. The summed E-state index contributed by atoms with van der Waals surface area (Å²) < 4.78 is 6.08. The van der Waals surface area contributed by atoms with Crippen LogP contribution in [0.15, 0.2) is 0 Å². The Morgan fingerprint density at radius 3 is 1.92 bits per heavy atom. The summed E-state index contributed by atoms with van der Waals surface area (Å²) in [6, 6.07) is 3.79. The van der Waals surface area contributed by atoms with E-state index in [0.29, 0.717) is 0 Å². The third kappa shape index (κ3) is 5.08. The monoisotopic (exact) mass is 220 g/mol. The van der Waals surface area contributed by atoms with E-state index in [1.165, 1.54) is 31.0 Å². The van der Waals surface area contributed by atoms with Crippen molar-refractivity contribution in [1.29, 1.82) is 0 Å². The fourth-order valence-electron chi connectivity index (χ4n) is 1.56. The molecule has 0 aromatic heterocycles. The second-order valence-corrected chi connectivity index (χ2v) is 8.75. The quantitative estimate of drug-likeness (QED) is 0.373. The Morgan fingerprint density at radius 2 is 1.54 bits per heavy atom. The first-order chi connectivity index (χ1) is 6.24. The molecule has 0 aromatic rings. The number of hydrogen-bond donors (Lipinski definition) is 1. The van der Waals surface area contributed by atoms with Gasteiger partial charge in [-0.3, -0.25) is 0 Å². The summed E-state index contributed by atoms with van der Waals surface area (Å²) >= 11 is 4.19. The minimum atomic E-state index is -1.29. The van der Waals surface area contributed by atoms with Gasteiger partial charge in [-0.1, -0.05) is 20.8 Å². The zero-order chi connectivity index (χ0) is 10.2. The van der Waals surface area contributed by atoms with E-state index in [9.17, 15) is 0 Å². The molecule has 13 heavy (non-hydrogen) atoms. The average molecular weight is 220 g/mol. The van der Waals surface area contributed by atoms with Crippen molar-refractivity contribution in [2.75, 3.05) is 12.4 Å². The van der Waals surface area contributed by atoms with Gasteiger partial charge in [0.2, 0.25) is 0 Å². The van der Waals surface area contributed by atoms with Crippen molar-refractivity contribution in [1.82, 2.24) is 0 Å². The van der Waals surface area contributed by atoms with Crippen molar-refractivity contribution in [2.24, 2.45) is 0 Å². The zero-order valence-electron chi connectivity index (χ0n) is 9.31. The third-order valence-electron chi connectivity index (χ3n) is 2.89. The van der Waals surface area contributed by atoms with Gasteiger partial charge in [0.1, 0.15) is 0 Å². The second kappa shape index (κ2) is 7.89. The second-order valence-electron chi connectivity index (χ2n) is 3.52. The van der Waals surface area contributed by atoms with E-state index in [1.807, 2.05) is 0 Å². The lowest BCUT2D eigenvalue weighted by atomic mass is 10.4. The van der Waals surface area contributed by atoms with Crippen molar-refractivity contribution in [3.8, 4) is 0 Å². The molecule has 0 unspecified atom stereocenters. The molecule has 0 aromatic carbocycles. The highest BCUT2D eigenvalue weighted by Gasteiger charge is 2.27. The molecule has 0 spiro atoms. The molecule has 0 heterocycles. The van der Waals surface area contributed by atoms with Gasteiger partial charge < -0.3 is 4.43 Å². The maximum Gasteiger partial charge on any atom is 0.191 e. The van der Waals surface area contributed by atoms with Crippen LogP contribution in [0.1, 0.15) is 33.6 Å². The summed E-state index contributed by atoms with van der Waals surface area (Å²) in [4.78, 5) is 0. The normalized spacial score (nSPS) is 12.0. The van der Waals surface area contributed by atoms with Crippen LogP contribution in [-0.4, -0.2) is 20.7 Å². The van der Waals surface area contributed by atoms with Crippen LogP contribution in [0, 0.1) is 0 Å². The Morgan fingerprint density at radius 1 is 1.00 bits per heavy atom. The third-order valence-corrected chi connectivity index (χ3v) is 7.89. The molecule has 0 N–H and O–H groups in total. The van der Waals surface area contributed by atoms with Crippen LogP contribution in [0.2, 0.25) is 18.1 Å². The van der Waals surface area contributed by atoms with Gasteiger partial charge in [-0.15, -0.1) is 0 Å². The summed E-state index contributed by atoms with van der Waals surface area (Å²) in [5.74, 6) is 0.988. The van der Waals surface area contributed by atoms with Crippen molar-refractivity contribution < 1.29 is 4.43 Å². The number of unbranched alkanes of at least 4 members (excludes halogenated alkanes) is 1. The van der Waals surface area contributed by atoms with E-state index < -0.39 is 8.32 Å². The van der Waals surface area contributed by atoms with Gasteiger partial charge in [-0.25, -0.2) is 0 Å². The number of rotatable bonds is 8. The highest BCUT2D eigenvalue weighted by molar-refractivity contribution is 7.80. The molecule has 0 saturated carbocycles. The van der Waals surface area contributed by atoms with E-state index in [-0.39, 0.29) is 0 Å². The highest BCUT2D eigenvalue weighted by atomic mass is 32.1. The molecule has 0 amide bonds. The van der Waals surface area contributed by atoms with Crippen molar-refractivity contribution in [3.05, 3.63) is 0 Å². The van der Waals surface area contributed by atoms with E-state index in [0.717, 1.165) is 12.4 Å². The first-order valence-corrected chi connectivity index (χ1v) is 8.65. The lowest BCUT2D eigenvalue weighted by Crippen LogP contribution is -2.36. The molecule has 1 nitrogen and oxygen atoms in total. The molecular formula is C10H24OSSi. The summed E-state index contributed by atoms with van der Waals surface area (Å²) in [6.07, 6.45) is 2.36. The Hall–Kier alpha value is 0.527. The highest BCUT2D eigenvalue weighted by Crippen LogP contribution is 2.21. The molecule has 0 radical (unpaired) electrons. The van der Waals surface area contributed by atoms with Crippen LogP contribution in [0.5, 0.6) is 0 Å². The molecule has 80 valence electrons.